The van der Waals surface area contributed by atoms with Gasteiger partial charge in [-0.25, -0.2) is 4.36 Å². The summed E-state index contributed by atoms with van der Waals surface area (Å²) in [6, 6.07) is 8.57. The summed E-state index contributed by atoms with van der Waals surface area (Å²) in [5.74, 6) is 0. The molecule has 0 aliphatic rings. The molecule has 0 aliphatic carbocycles. The lowest BCUT2D eigenvalue weighted by molar-refractivity contribution is -0.565. The van der Waals surface area contributed by atoms with E-state index in [1.54, 1.807) is 0 Å². The van der Waals surface area contributed by atoms with Crippen LogP contribution in [0.2, 0.25) is 0 Å². The Morgan fingerprint density at radius 3 is 2.00 bits per heavy atom. The van der Waals surface area contributed by atoms with Gasteiger partial charge in [0, 0.05) is 14.1 Å². The van der Waals surface area contributed by atoms with Crippen molar-refractivity contribution in [2.24, 2.45) is 4.36 Å². The average Bonchev–Trinajstić information content (AvgIpc) is 2.24. The minimum absolute atomic E-state index is 0.0374. The fourth-order valence-corrected chi connectivity index (χ4v) is 3.99. The molecule has 0 saturated carbocycles. The molecule has 1 rings (SSSR count). The SMILES string of the molecule is CN(C)c1ccccc1S(=NC(C)(C)C)[NH2+]C(C)(C)C. The van der Waals surface area contributed by atoms with E-state index in [4.69, 9.17) is 4.36 Å². The van der Waals surface area contributed by atoms with Crippen LogP contribution in [-0.4, -0.2) is 25.2 Å². The van der Waals surface area contributed by atoms with Crippen molar-refractivity contribution in [3.63, 3.8) is 0 Å². The number of nitrogens with zero attached hydrogens (tertiary/aromatic N) is 2. The van der Waals surface area contributed by atoms with E-state index in [0.29, 0.717) is 0 Å². The quantitative estimate of drug-likeness (QED) is 0.913. The van der Waals surface area contributed by atoms with E-state index in [9.17, 15) is 0 Å². The van der Waals surface area contributed by atoms with Crippen molar-refractivity contribution in [3.05, 3.63) is 24.3 Å². The third kappa shape index (κ3) is 5.63. The first kappa shape index (κ1) is 17.2. The number of rotatable bonds is 3. The normalized spacial score (nSPS) is 14.4. The van der Waals surface area contributed by atoms with Gasteiger partial charge in [0.05, 0.1) is 21.7 Å². The molecule has 0 aliphatic heterocycles. The third-order valence-electron chi connectivity index (χ3n) is 2.41. The van der Waals surface area contributed by atoms with E-state index >= 15 is 0 Å². The first-order chi connectivity index (χ1) is 8.99. The number of anilines is 1. The monoisotopic (exact) mass is 296 g/mol. The number of para-hydroxylation sites is 1. The van der Waals surface area contributed by atoms with Crippen LogP contribution in [0.25, 0.3) is 0 Å². The largest absolute Gasteiger partial charge is 0.377 e. The number of nitrogens with two attached hydrogens (primary N) is 1. The van der Waals surface area contributed by atoms with Gasteiger partial charge in [-0.3, -0.25) is 4.72 Å². The van der Waals surface area contributed by atoms with Crippen LogP contribution in [0.15, 0.2) is 33.5 Å². The molecule has 1 aromatic carbocycles. The van der Waals surface area contributed by atoms with Crippen LogP contribution in [0, 0.1) is 0 Å². The van der Waals surface area contributed by atoms with Crippen molar-refractivity contribution in [1.29, 1.82) is 0 Å². The van der Waals surface area contributed by atoms with E-state index in [0.717, 1.165) is 0 Å². The predicted octanol–water partition coefficient (Wildman–Crippen LogP) is 2.99. The molecule has 1 atom stereocenters. The second-order valence-corrected chi connectivity index (χ2v) is 8.91. The van der Waals surface area contributed by atoms with Gasteiger partial charge in [-0.1, -0.05) is 12.1 Å². The summed E-state index contributed by atoms with van der Waals surface area (Å²) < 4.78 is 7.43. The molecule has 20 heavy (non-hydrogen) atoms. The highest BCUT2D eigenvalue weighted by Crippen LogP contribution is 2.22. The van der Waals surface area contributed by atoms with Crippen molar-refractivity contribution < 1.29 is 4.72 Å². The molecule has 114 valence electrons. The number of quaternary nitrogens is 1. The molecule has 1 aromatic rings. The van der Waals surface area contributed by atoms with Gasteiger partial charge in [0.2, 0.25) is 0 Å². The highest BCUT2D eigenvalue weighted by Gasteiger charge is 2.23. The maximum Gasteiger partial charge on any atom is 0.121 e. The van der Waals surface area contributed by atoms with E-state index in [1.165, 1.54) is 10.6 Å². The molecular formula is C16H30N3S+. The summed E-state index contributed by atoms with van der Waals surface area (Å²) in [5, 5.41) is 0. The van der Waals surface area contributed by atoms with Crippen LogP contribution in [-0.2, 0) is 10.9 Å². The minimum atomic E-state index is -0.201. The molecular weight excluding hydrogens is 266 g/mol. The third-order valence-corrected chi connectivity index (χ3v) is 4.88. The highest BCUT2D eigenvalue weighted by molar-refractivity contribution is 7.80. The van der Waals surface area contributed by atoms with Crippen molar-refractivity contribution in [3.8, 4) is 0 Å². The van der Waals surface area contributed by atoms with Crippen LogP contribution in [0.1, 0.15) is 41.5 Å². The molecule has 4 heteroatoms. The minimum Gasteiger partial charge on any atom is -0.377 e. The fraction of sp³-hybridized carbons (Fsp3) is 0.625. The van der Waals surface area contributed by atoms with Gasteiger partial charge < -0.3 is 4.90 Å². The Morgan fingerprint density at radius 2 is 1.55 bits per heavy atom. The molecule has 0 saturated heterocycles. The van der Waals surface area contributed by atoms with Crippen LogP contribution in [0.5, 0.6) is 0 Å². The molecule has 0 heterocycles. The van der Waals surface area contributed by atoms with E-state index in [-0.39, 0.29) is 22.0 Å². The molecule has 0 spiro atoms. The molecule has 0 bridgehead atoms. The van der Waals surface area contributed by atoms with Crippen LogP contribution >= 0.6 is 0 Å². The van der Waals surface area contributed by atoms with Crippen molar-refractivity contribution in [2.45, 2.75) is 57.5 Å². The first-order valence-corrected chi connectivity index (χ1v) is 8.32. The molecule has 0 fully saturated rings. The summed E-state index contributed by atoms with van der Waals surface area (Å²) >= 11 is 0. The van der Waals surface area contributed by atoms with Gasteiger partial charge in [0.1, 0.15) is 10.9 Å². The molecule has 2 N–H and O–H groups in total. The van der Waals surface area contributed by atoms with Gasteiger partial charge >= 0.3 is 0 Å². The standard InChI is InChI=1S/C16H29N3S/c1-15(2,3)17-20(18-16(4,5)6)14-12-10-9-11-13(14)19(7)8/h9-12H,1-8H3,(H,17,18)/p+1. The molecule has 3 nitrogen and oxygen atoms in total. The summed E-state index contributed by atoms with van der Waals surface area (Å²) in [7, 11) is 3.98. The Hall–Kier alpha value is -0.870. The molecule has 1 unspecified atom stereocenters. The Bertz CT molecular complexity index is 479. The van der Waals surface area contributed by atoms with Crippen molar-refractivity contribution >= 4 is 16.6 Å². The van der Waals surface area contributed by atoms with E-state index in [2.05, 4.69) is 89.5 Å². The fourth-order valence-electron chi connectivity index (χ4n) is 1.77. The summed E-state index contributed by atoms with van der Waals surface area (Å²) in [5.41, 5.74) is 1.37. The highest BCUT2D eigenvalue weighted by atomic mass is 32.2. The average molecular weight is 297 g/mol. The van der Waals surface area contributed by atoms with E-state index in [1.807, 2.05) is 0 Å². The second kappa shape index (κ2) is 6.27. The molecule has 0 aromatic heterocycles. The zero-order chi connectivity index (χ0) is 15.6. The summed E-state index contributed by atoms with van der Waals surface area (Å²) in [6.45, 7) is 13.2. The zero-order valence-corrected chi connectivity index (χ0v) is 15.0. The van der Waals surface area contributed by atoms with Gasteiger partial charge in [0.15, 0.2) is 0 Å². The topological polar surface area (TPSA) is 32.2 Å². The lowest BCUT2D eigenvalue weighted by Crippen LogP contribution is -2.94. The van der Waals surface area contributed by atoms with E-state index < -0.39 is 0 Å². The summed E-state index contributed by atoms with van der Waals surface area (Å²) in [4.78, 5) is 3.48. The lowest BCUT2D eigenvalue weighted by Gasteiger charge is -2.24. The zero-order valence-electron chi connectivity index (χ0n) is 14.2. The van der Waals surface area contributed by atoms with Crippen LogP contribution in [0.3, 0.4) is 0 Å². The Morgan fingerprint density at radius 1 is 1.00 bits per heavy atom. The second-order valence-electron chi connectivity index (χ2n) is 7.42. The van der Waals surface area contributed by atoms with Gasteiger partial charge in [-0.05, 0) is 53.7 Å². The van der Waals surface area contributed by atoms with Crippen molar-refractivity contribution in [2.75, 3.05) is 19.0 Å². The number of benzene rings is 1. The number of hydrogen-bond donors (Lipinski definition) is 1. The Labute approximate surface area is 127 Å². The van der Waals surface area contributed by atoms with Gasteiger partial charge in [0.25, 0.3) is 0 Å². The molecule has 0 amide bonds. The number of hydrogen-bond acceptors (Lipinski definition) is 2. The maximum absolute atomic E-state index is 5.05. The Kier molecular flexibility index (Phi) is 5.39. The van der Waals surface area contributed by atoms with Gasteiger partial charge in [-0.15, -0.1) is 0 Å². The first-order valence-electron chi connectivity index (χ1n) is 7.08. The summed E-state index contributed by atoms with van der Waals surface area (Å²) in [6.07, 6.45) is 0. The van der Waals surface area contributed by atoms with Crippen LogP contribution < -0.4 is 9.62 Å². The van der Waals surface area contributed by atoms with Crippen molar-refractivity contribution in [1.82, 2.24) is 0 Å². The molecule has 0 radical (unpaired) electrons. The van der Waals surface area contributed by atoms with Gasteiger partial charge in [-0.2, -0.15) is 0 Å². The maximum atomic E-state index is 5.05. The van der Waals surface area contributed by atoms with Crippen LogP contribution in [0.4, 0.5) is 5.69 Å². The Balaban J connectivity index is 3.35. The smallest absolute Gasteiger partial charge is 0.121 e. The predicted molar refractivity (Wildman–Crippen MR) is 90.3 cm³/mol. The lowest BCUT2D eigenvalue weighted by atomic mass is 10.1.